The number of nitrogens with two attached hydrogens (primary N) is 1. The van der Waals surface area contributed by atoms with Gasteiger partial charge < -0.3 is 14.7 Å². The first-order chi connectivity index (χ1) is 12.7. The highest BCUT2D eigenvalue weighted by Gasteiger charge is 2.30. The summed E-state index contributed by atoms with van der Waals surface area (Å²) in [5.74, 6) is -0.918. The molecule has 0 fully saturated rings. The Morgan fingerprint density at radius 3 is 2.15 bits per heavy atom. The van der Waals surface area contributed by atoms with Crippen molar-refractivity contribution in [2.24, 2.45) is 5.73 Å². The van der Waals surface area contributed by atoms with Gasteiger partial charge in [0.25, 0.3) is 0 Å². The molecule has 2 atom stereocenters. The van der Waals surface area contributed by atoms with Crippen LogP contribution in [0.15, 0.2) is 54.6 Å². The molecule has 27 heavy (non-hydrogen) atoms. The van der Waals surface area contributed by atoms with Crippen molar-refractivity contribution in [3.05, 3.63) is 65.7 Å². The van der Waals surface area contributed by atoms with Gasteiger partial charge in [-0.1, -0.05) is 42.5 Å². The number of rotatable bonds is 8. The summed E-state index contributed by atoms with van der Waals surface area (Å²) in [5.41, 5.74) is 8.03. The number of esters is 1. The summed E-state index contributed by atoms with van der Waals surface area (Å²) in [5, 5.41) is 0. The van der Waals surface area contributed by atoms with E-state index in [1.54, 1.807) is 26.0 Å². The molecule has 2 aromatic rings. The second-order valence-electron chi connectivity index (χ2n) is 6.67. The van der Waals surface area contributed by atoms with Gasteiger partial charge in [-0.25, -0.2) is 0 Å². The van der Waals surface area contributed by atoms with Crippen LogP contribution in [0.4, 0.5) is 0 Å². The highest BCUT2D eigenvalue weighted by atomic mass is 32.2. The number of hydrogen-bond acceptors (Lipinski definition) is 6. The van der Waals surface area contributed by atoms with E-state index in [-0.39, 0.29) is 11.9 Å². The van der Waals surface area contributed by atoms with Crippen LogP contribution in [0.1, 0.15) is 30.9 Å². The van der Waals surface area contributed by atoms with Crippen molar-refractivity contribution < 1.29 is 22.1 Å². The topological polar surface area (TPSA) is 95.7 Å². The molecule has 2 rings (SSSR count). The van der Waals surface area contributed by atoms with Crippen LogP contribution in [0.3, 0.4) is 0 Å². The summed E-state index contributed by atoms with van der Waals surface area (Å²) in [4.78, 5) is 12.7. The molecule has 0 saturated heterocycles. The molecule has 0 radical (unpaired) electrons. The molecule has 7 heteroatoms. The lowest BCUT2D eigenvalue weighted by molar-refractivity contribution is -0.149. The summed E-state index contributed by atoms with van der Waals surface area (Å²) >= 11 is 0. The predicted molar refractivity (Wildman–Crippen MR) is 104 cm³/mol. The fourth-order valence-corrected chi connectivity index (χ4v) is 3.23. The van der Waals surface area contributed by atoms with Gasteiger partial charge >= 0.3 is 16.1 Å². The summed E-state index contributed by atoms with van der Waals surface area (Å²) < 4.78 is 32.7. The first kappa shape index (κ1) is 20.9. The molecule has 0 spiro atoms. The lowest BCUT2D eigenvalue weighted by Crippen LogP contribution is -2.37. The van der Waals surface area contributed by atoms with Crippen LogP contribution in [0, 0.1) is 0 Å². The van der Waals surface area contributed by atoms with Crippen LogP contribution in [-0.4, -0.2) is 32.8 Å². The van der Waals surface area contributed by atoms with Crippen LogP contribution in [0.5, 0.6) is 5.75 Å². The number of hydrogen-bond donors (Lipinski definition) is 1. The fraction of sp³-hybridized carbons (Fsp3) is 0.350. The quantitative estimate of drug-likeness (QED) is 0.549. The highest BCUT2D eigenvalue weighted by molar-refractivity contribution is 7.86. The van der Waals surface area contributed by atoms with Gasteiger partial charge in [-0.15, -0.1) is 0 Å². The molecule has 2 N–H and O–H groups in total. The van der Waals surface area contributed by atoms with Crippen molar-refractivity contribution in [3.8, 4) is 5.75 Å². The molecule has 0 aliphatic carbocycles. The van der Waals surface area contributed by atoms with Gasteiger partial charge in [0.05, 0.1) is 18.3 Å². The Morgan fingerprint density at radius 2 is 1.63 bits per heavy atom. The van der Waals surface area contributed by atoms with Crippen LogP contribution in [0.2, 0.25) is 0 Å². The lowest BCUT2D eigenvalue weighted by Gasteiger charge is -2.24. The van der Waals surface area contributed by atoms with Crippen molar-refractivity contribution in [2.45, 2.75) is 38.3 Å². The van der Waals surface area contributed by atoms with Crippen molar-refractivity contribution >= 4 is 16.1 Å². The van der Waals surface area contributed by atoms with E-state index in [1.807, 2.05) is 30.3 Å². The second kappa shape index (κ2) is 9.01. The number of benzene rings is 2. The van der Waals surface area contributed by atoms with Gasteiger partial charge in [0.1, 0.15) is 5.75 Å². The number of carbonyl (C=O) groups is 1. The smallest absolute Gasteiger partial charge is 0.315 e. The number of ether oxygens (including phenoxy) is 1. The predicted octanol–water partition coefficient (Wildman–Crippen LogP) is 2.63. The third kappa shape index (κ3) is 6.69. The van der Waals surface area contributed by atoms with Crippen molar-refractivity contribution in [2.75, 3.05) is 6.26 Å². The summed E-state index contributed by atoms with van der Waals surface area (Å²) in [6.45, 7) is 3.56. The minimum atomic E-state index is -3.62. The Hall–Kier alpha value is -2.38. The summed E-state index contributed by atoms with van der Waals surface area (Å²) in [6.07, 6.45) is 1.21. The molecule has 0 aromatic heterocycles. The first-order valence-electron chi connectivity index (χ1n) is 8.65. The lowest BCUT2D eigenvalue weighted by atomic mass is 9.88. The molecule has 0 heterocycles. The van der Waals surface area contributed by atoms with Crippen LogP contribution >= 0.6 is 0 Å². The highest BCUT2D eigenvalue weighted by Crippen LogP contribution is 2.26. The Morgan fingerprint density at radius 1 is 1.04 bits per heavy atom. The normalized spacial score (nSPS) is 13.8. The zero-order valence-corrected chi connectivity index (χ0v) is 16.5. The van der Waals surface area contributed by atoms with E-state index < -0.39 is 28.0 Å². The third-order valence-corrected chi connectivity index (χ3v) is 4.33. The fourth-order valence-electron chi connectivity index (χ4n) is 2.77. The van der Waals surface area contributed by atoms with Gasteiger partial charge in [0.2, 0.25) is 0 Å². The minimum Gasteiger partial charge on any atom is -0.462 e. The van der Waals surface area contributed by atoms with Gasteiger partial charge in [-0.3, -0.25) is 4.79 Å². The van der Waals surface area contributed by atoms with Crippen LogP contribution < -0.4 is 9.92 Å². The SMILES string of the molecule is CC(C)OC(=O)C(c1ccc(OS(C)(=O)=O)cc1)C(N)Cc1ccccc1. The Bertz CT molecular complexity index is 848. The molecular formula is C20H25NO5S. The van der Waals surface area contributed by atoms with E-state index >= 15 is 0 Å². The standard InChI is InChI=1S/C20H25NO5S/c1-14(2)25-20(22)19(18(21)13-15-7-5-4-6-8-15)16-9-11-17(12-10-16)26-27(3,23)24/h4-12,14,18-19H,13,21H2,1-3H3. The average Bonchev–Trinajstić information content (AvgIpc) is 2.55. The van der Waals surface area contributed by atoms with Gasteiger partial charge in [0.15, 0.2) is 0 Å². The number of carbonyl (C=O) groups excluding carboxylic acids is 1. The molecule has 0 aliphatic heterocycles. The van der Waals surface area contributed by atoms with Crippen molar-refractivity contribution in [1.29, 1.82) is 0 Å². The first-order valence-corrected chi connectivity index (χ1v) is 10.5. The molecule has 0 aliphatic rings. The zero-order chi connectivity index (χ0) is 20.0. The largest absolute Gasteiger partial charge is 0.462 e. The molecule has 6 nitrogen and oxygen atoms in total. The molecule has 2 unspecified atom stereocenters. The van der Waals surface area contributed by atoms with E-state index in [0.29, 0.717) is 12.0 Å². The minimum absolute atomic E-state index is 0.175. The van der Waals surface area contributed by atoms with Crippen molar-refractivity contribution in [1.82, 2.24) is 0 Å². The third-order valence-electron chi connectivity index (χ3n) is 3.83. The van der Waals surface area contributed by atoms with Gasteiger partial charge in [-0.2, -0.15) is 8.42 Å². The monoisotopic (exact) mass is 391 g/mol. The van der Waals surface area contributed by atoms with Crippen LogP contribution in [-0.2, 0) is 26.1 Å². The van der Waals surface area contributed by atoms with E-state index in [0.717, 1.165) is 11.8 Å². The Labute approximate surface area is 160 Å². The summed E-state index contributed by atoms with van der Waals surface area (Å²) in [6, 6.07) is 15.4. The van der Waals surface area contributed by atoms with E-state index in [4.69, 9.17) is 14.7 Å². The van der Waals surface area contributed by atoms with E-state index in [9.17, 15) is 13.2 Å². The molecule has 0 saturated carbocycles. The summed E-state index contributed by atoms with van der Waals surface area (Å²) in [7, 11) is -3.62. The molecule has 0 bridgehead atoms. The zero-order valence-electron chi connectivity index (χ0n) is 15.7. The van der Waals surface area contributed by atoms with Crippen LogP contribution in [0.25, 0.3) is 0 Å². The average molecular weight is 391 g/mol. The Balaban J connectivity index is 2.27. The Kier molecular flexibility index (Phi) is 6.98. The maximum atomic E-state index is 12.7. The molecular weight excluding hydrogens is 366 g/mol. The maximum absolute atomic E-state index is 12.7. The van der Waals surface area contributed by atoms with Gasteiger partial charge in [0, 0.05) is 6.04 Å². The maximum Gasteiger partial charge on any atom is 0.315 e. The van der Waals surface area contributed by atoms with E-state index in [1.165, 1.54) is 12.1 Å². The van der Waals surface area contributed by atoms with Gasteiger partial charge in [-0.05, 0) is 43.5 Å². The molecule has 2 aromatic carbocycles. The molecule has 146 valence electrons. The molecule has 0 amide bonds. The second-order valence-corrected chi connectivity index (χ2v) is 8.25. The van der Waals surface area contributed by atoms with E-state index in [2.05, 4.69) is 0 Å². The van der Waals surface area contributed by atoms with Crippen molar-refractivity contribution in [3.63, 3.8) is 0 Å².